The number of rotatable bonds is 6. The van der Waals surface area contributed by atoms with Gasteiger partial charge in [-0.25, -0.2) is 17.6 Å². The van der Waals surface area contributed by atoms with Crippen molar-refractivity contribution in [3.05, 3.63) is 0 Å². The molecule has 0 aromatic carbocycles. The Hall–Kier alpha value is -0.320. The second kappa shape index (κ2) is 6.20. The zero-order chi connectivity index (χ0) is 15.6. The first kappa shape index (κ1) is 17.7. The molecule has 0 spiro atoms. The number of alkyl halides is 4. The molecule has 0 aliphatic carbocycles. The molecule has 1 aliphatic rings. The molecule has 1 aliphatic heterocycles. The highest BCUT2D eigenvalue weighted by Crippen LogP contribution is 2.52. The minimum atomic E-state index is -2.72. The smallest absolute Gasteiger partial charge is 0.260 e. The van der Waals surface area contributed by atoms with Crippen LogP contribution in [0.5, 0.6) is 0 Å². The monoisotopic (exact) mass is 297 g/mol. The molecule has 120 valence electrons. The van der Waals surface area contributed by atoms with Crippen molar-refractivity contribution in [1.29, 1.82) is 0 Å². The summed E-state index contributed by atoms with van der Waals surface area (Å²) in [6, 6.07) is 0. The minimum Gasteiger partial charge on any atom is -0.297 e. The number of halogens is 4. The lowest BCUT2D eigenvalue weighted by Gasteiger charge is -2.49. The van der Waals surface area contributed by atoms with Crippen molar-refractivity contribution in [2.24, 2.45) is 11.3 Å². The van der Waals surface area contributed by atoms with E-state index in [0.29, 0.717) is 25.9 Å². The van der Waals surface area contributed by atoms with Crippen molar-refractivity contribution in [2.75, 3.05) is 19.6 Å². The highest BCUT2D eigenvalue weighted by Gasteiger charge is 2.55. The van der Waals surface area contributed by atoms with Crippen LogP contribution in [0.25, 0.3) is 0 Å². The van der Waals surface area contributed by atoms with Crippen LogP contribution < -0.4 is 0 Å². The molecule has 20 heavy (non-hydrogen) atoms. The van der Waals surface area contributed by atoms with Gasteiger partial charge in [0.25, 0.3) is 11.8 Å². The summed E-state index contributed by atoms with van der Waals surface area (Å²) in [7, 11) is 0. The highest BCUT2D eigenvalue weighted by molar-refractivity contribution is 4.98. The Morgan fingerprint density at radius 1 is 1.00 bits per heavy atom. The zero-order valence-electron chi connectivity index (χ0n) is 13.0. The van der Waals surface area contributed by atoms with Crippen LogP contribution >= 0.6 is 0 Å². The Morgan fingerprint density at radius 2 is 1.50 bits per heavy atom. The topological polar surface area (TPSA) is 3.24 Å². The van der Waals surface area contributed by atoms with Gasteiger partial charge in [-0.1, -0.05) is 27.7 Å². The molecule has 1 rings (SSSR count). The number of hydrogen-bond acceptors (Lipinski definition) is 1. The van der Waals surface area contributed by atoms with Crippen molar-refractivity contribution >= 4 is 0 Å². The van der Waals surface area contributed by atoms with Gasteiger partial charge >= 0.3 is 0 Å². The zero-order valence-corrected chi connectivity index (χ0v) is 13.0. The predicted molar refractivity (Wildman–Crippen MR) is 73.4 cm³/mol. The fraction of sp³-hybridized carbons (Fsp3) is 1.00. The van der Waals surface area contributed by atoms with Gasteiger partial charge in [0, 0.05) is 18.3 Å². The van der Waals surface area contributed by atoms with E-state index in [1.54, 1.807) is 4.90 Å². The van der Waals surface area contributed by atoms with Gasteiger partial charge in [0.2, 0.25) is 0 Å². The number of piperidine rings is 1. The second-order valence-electron chi connectivity index (χ2n) is 6.35. The van der Waals surface area contributed by atoms with Crippen LogP contribution in [0.4, 0.5) is 17.6 Å². The summed E-state index contributed by atoms with van der Waals surface area (Å²) in [6.45, 7) is 6.96. The van der Waals surface area contributed by atoms with E-state index in [1.807, 2.05) is 13.8 Å². The summed E-state index contributed by atoms with van der Waals surface area (Å²) >= 11 is 0. The molecule has 1 nitrogen and oxygen atoms in total. The Morgan fingerprint density at radius 3 is 1.85 bits per heavy atom. The molecular formula is C15H27F4N. The van der Waals surface area contributed by atoms with Crippen molar-refractivity contribution in [1.82, 2.24) is 4.90 Å². The molecule has 0 bridgehead atoms. The van der Waals surface area contributed by atoms with Gasteiger partial charge in [0.15, 0.2) is 0 Å². The van der Waals surface area contributed by atoms with Crippen LogP contribution in [0.3, 0.4) is 0 Å². The van der Waals surface area contributed by atoms with E-state index in [4.69, 9.17) is 0 Å². The molecule has 0 unspecified atom stereocenters. The lowest BCUT2D eigenvalue weighted by atomic mass is 9.65. The van der Waals surface area contributed by atoms with E-state index in [-0.39, 0.29) is 25.3 Å². The maximum Gasteiger partial charge on any atom is 0.260 e. The Kier molecular flexibility index (Phi) is 5.50. The molecule has 0 atom stereocenters. The van der Waals surface area contributed by atoms with Crippen molar-refractivity contribution in [3.63, 3.8) is 0 Å². The Balaban J connectivity index is 2.75. The Bertz CT molecular complexity index is 307. The summed E-state index contributed by atoms with van der Waals surface area (Å²) in [5, 5.41) is 0. The van der Waals surface area contributed by atoms with Crippen LogP contribution in [0, 0.1) is 11.3 Å². The van der Waals surface area contributed by atoms with Crippen LogP contribution in [0.2, 0.25) is 0 Å². The average molecular weight is 297 g/mol. The van der Waals surface area contributed by atoms with Crippen molar-refractivity contribution in [2.45, 2.75) is 65.2 Å². The largest absolute Gasteiger partial charge is 0.297 e. The van der Waals surface area contributed by atoms with Crippen LogP contribution in [0.15, 0.2) is 0 Å². The normalized spacial score (nSPS) is 21.4. The quantitative estimate of drug-likeness (QED) is 0.636. The molecule has 1 fully saturated rings. The third-order valence-corrected chi connectivity index (χ3v) is 5.00. The summed E-state index contributed by atoms with van der Waals surface area (Å²) in [5.41, 5.74) is -1.04. The molecule has 0 radical (unpaired) electrons. The maximum absolute atomic E-state index is 14.3. The first-order valence-corrected chi connectivity index (χ1v) is 7.58. The molecule has 0 aromatic rings. The van der Waals surface area contributed by atoms with Crippen LogP contribution in [-0.2, 0) is 0 Å². The van der Waals surface area contributed by atoms with Gasteiger partial charge in [-0.3, -0.25) is 4.90 Å². The van der Waals surface area contributed by atoms with Crippen LogP contribution in [0.1, 0.15) is 53.4 Å². The molecule has 0 amide bonds. The SMILES string of the molecule is CCC(F)(F)CN1CCC(C(C)C)(C(F)(F)CC)CC1. The summed E-state index contributed by atoms with van der Waals surface area (Å²) in [5.74, 6) is -5.59. The molecule has 1 heterocycles. The van der Waals surface area contributed by atoms with E-state index in [9.17, 15) is 17.6 Å². The molecular weight excluding hydrogens is 270 g/mol. The third kappa shape index (κ3) is 3.46. The summed E-state index contributed by atoms with van der Waals surface area (Å²) in [4.78, 5) is 1.63. The highest BCUT2D eigenvalue weighted by atomic mass is 19.3. The van der Waals surface area contributed by atoms with E-state index in [1.165, 1.54) is 13.8 Å². The fourth-order valence-electron chi connectivity index (χ4n) is 3.27. The third-order valence-electron chi connectivity index (χ3n) is 5.00. The van der Waals surface area contributed by atoms with E-state index < -0.39 is 17.3 Å². The van der Waals surface area contributed by atoms with Crippen LogP contribution in [-0.4, -0.2) is 36.4 Å². The Labute approximate surface area is 119 Å². The van der Waals surface area contributed by atoms with Gasteiger partial charge in [-0.15, -0.1) is 0 Å². The van der Waals surface area contributed by atoms with Gasteiger partial charge in [0.05, 0.1) is 6.54 Å². The number of hydrogen-bond donors (Lipinski definition) is 0. The standard InChI is InChI=1S/C15H27F4N/c1-5-14(16,17)11-20-9-7-13(8-10-20,12(3)4)15(18,19)6-2/h12H,5-11H2,1-4H3. The first-order chi connectivity index (χ1) is 9.10. The molecule has 0 aromatic heterocycles. The molecule has 0 saturated carbocycles. The molecule has 5 heteroatoms. The number of likely N-dealkylation sites (tertiary alicyclic amines) is 1. The first-order valence-electron chi connectivity index (χ1n) is 7.58. The second-order valence-corrected chi connectivity index (χ2v) is 6.35. The van der Waals surface area contributed by atoms with Gasteiger partial charge in [-0.05, 0) is 31.8 Å². The predicted octanol–water partition coefficient (Wildman–Crippen LogP) is 4.82. The van der Waals surface area contributed by atoms with Crippen molar-refractivity contribution < 1.29 is 17.6 Å². The van der Waals surface area contributed by atoms with Gasteiger partial charge in [-0.2, -0.15) is 0 Å². The maximum atomic E-state index is 14.3. The van der Waals surface area contributed by atoms with E-state index >= 15 is 0 Å². The summed E-state index contributed by atoms with van der Waals surface area (Å²) < 4.78 is 55.4. The summed E-state index contributed by atoms with van der Waals surface area (Å²) in [6.07, 6.45) is 0.205. The minimum absolute atomic E-state index is 0.147. The van der Waals surface area contributed by atoms with Gasteiger partial charge < -0.3 is 0 Å². The van der Waals surface area contributed by atoms with Gasteiger partial charge in [0.1, 0.15) is 0 Å². The number of nitrogens with zero attached hydrogens (tertiary/aromatic N) is 1. The average Bonchev–Trinajstić information content (AvgIpc) is 2.38. The lowest BCUT2D eigenvalue weighted by molar-refractivity contribution is -0.174. The molecule has 0 N–H and O–H groups in total. The fourth-order valence-corrected chi connectivity index (χ4v) is 3.27. The van der Waals surface area contributed by atoms with E-state index in [0.717, 1.165) is 0 Å². The van der Waals surface area contributed by atoms with Crippen molar-refractivity contribution in [3.8, 4) is 0 Å². The molecule has 1 saturated heterocycles. The van der Waals surface area contributed by atoms with E-state index in [2.05, 4.69) is 0 Å². The lowest BCUT2D eigenvalue weighted by Crippen LogP contribution is -2.53.